The molecule has 4 saturated carbocycles. The predicted molar refractivity (Wildman–Crippen MR) is 234 cm³/mol. The Morgan fingerprint density at radius 2 is 1.52 bits per heavy atom. The van der Waals surface area contributed by atoms with E-state index < -0.39 is 26.9 Å². The van der Waals surface area contributed by atoms with Gasteiger partial charge in [0.15, 0.2) is 5.13 Å². The van der Waals surface area contributed by atoms with Crippen molar-refractivity contribution in [3.8, 4) is 5.95 Å². The van der Waals surface area contributed by atoms with Gasteiger partial charge in [0.2, 0.25) is 21.9 Å². The number of hydrogen-bond acceptors (Lipinski definition) is 10. The van der Waals surface area contributed by atoms with Crippen molar-refractivity contribution in [3.63, 3.8) is 0 Å². The lowest BCUT2D eigenvalue weighted by atomic mass is 9.83. The lowest BCUT2D eigenvalue weighted by molar-refractivity contribution is -0.122. The van der Waals surface area contributed by atoms with Gasteiger partial charge in [0.25, 0.3) is 17.0 Å². The quantitative estimate of drug-likeness (QED) is 0.126. The molecule has 0 saturated heterocycles. The molecule has 2 amide bonds. The van der Waals surface area contributed by atoms with Gasteiger partial charge in [-0.3, -0.25) is 28.5 Å². The van der Waals surface area contributed by atoms with E-state index in [0.717, 1.165) is 89.9 Å². The average Bonchev–Trinajstić information content (AvgIpc) is 3.85. The molecule has 0 radical (unpaired) electrons. The molecule has 2 N–H and O–H groups in total. The van der Waals surface area contributed by atoms with Crippen LogP contribution in [0.15, 0.2) is 58.5 Å². The zero-order valence-electron chi connectivity index (χ0n) is 33.4. The van der Waals surface area contributed by atoms with Crippen molar-refractivity contribution in [3.05, 3.63) is 79.5 Å². The second kappa shape index (κ2) is 17.0. The van der Waals surface area contributed by atoms with Crippen LogP contribution in [0.4, 0.5) is 10.8 Å². The standard InChI is InChI=1S/C43H49ClN8O6S2/c44-37-24-45-42(59-37)48-38(53)36(21-26-9-3-1-4-10-26)51(29-13-7-8-14-29)39(54)27-15-19-33-35(22-27)47-43(52(41(33)56)30-11-5-2-6-12-30)50-25-46-34-23-28(16-20-32(34)40(50)55)49-60(57,58)31-17-18-31/h15-16,19-20,22-26,29-31,36,49H,1-14,17-18,21H2,(H,45,48,53). The Balaban J connectivity index is 1.12. The first-order valence-corrected chi connectivity index (χ1v) is 24.1. The summed E-state index contributed by atoms with van der Waals surface area (Å²) in [5.41, 5.74) is 0.377. The second-order valence-corrected chi connectivity index (χ2v) is 20.6. The minimum Gasteiger partial charge on any atom is -0.324 e. The first-order valence-electron chi connectivity index (χ1n) is 21.4. The van der Waals surface area contributed by atoms with Crippen LogP contribution >= 0.6 is 22.9 Å². The van der Waals surface area contributed by atoms with E-state index in [9.17, 15) is 22.8 Å². The number of hydrogen-bond donors (Lipinski definition) is 2. The Hall–Kier alpha value is -4.67. The summed E-state index contributed by atoms with van der Waals surface area (Å²) in [6, 6.07) is 8.43. The monoisotopic (exact) mass is 872 g/mol. The van der Waals surface area contributed by atoms with Crippen LogP contribution in [0.1, 0.15) is 126 Å². The van der Waals surface area contributed by atoms with Crippen molar-refractivity contribution in [2.24, 2.45) is 5.92 Å². The fourth-order valence-electron chi connectivity index (χ4n) is 9.59. The van der Waals surface area contributed by atoms with E-state index in [4.69, 9.17) is 16.6 Å². The predicted octanol–water partition coefficient (Wildman–Crippen LogP) is 7.98. The van der Waals surface area contributed by atoms with Gasteiger partial charge in [0.05, 0.1) is 38.9 Å². The van der Waals surface area contributed by atoms with Gasteiger partial charge in [0.1, 0.15) is 16.7 Å². The number of rotatable bonds is 12. The molecule has 316 valence electrons. The Bertz CT molecular complexity index is 2680. The zero-order valence-corrected chi connectivity index (χ0v) is 35.7. The van der Waals surface area contributed by atoms with Crippen LogP contribution in [-0.4, -0.2) is 66.6 Å². The molecule has 4 aliphatic carbocycles. The van der Waals surface area contributed by atoms with Crippen LogP contribution in [-0.2, 0) is 14.8 Å². The maximum atomic E-state index is 15.0. The molecule has 4 aliphatic rings. The molecule has 3 aromatic heterocycles. The number of aromatic nitrogens is 5. The number of benzene rings is 2. The summed E-state index contributed by atoms with van der Waals surface area (Å²) in [5, 5.41) is 3.48. The highest BCUT2D eigenvalue weighted by Gasteiger charge is 2.39. The van der Waals surface area contributed by atoms with Crippen molar-refractivity contribution >= 4 is 77.4 Å². The number of amides is 2. The molecule has 60 heavy (non-hydrogen) atoms. The largest absolute Gasteiger partial charge is 0.324 e. The van der Waals surface area contributed by atoms with Crippen LogP contribution in [0.3, 0.4) is 0 Å². The van der Waals surface area contributed by atoms with Gasteiger partial charge in [-0.1, -0.05) is 87.1 Å². The van der Waals surface area contributed by atoms with E-state index >= 15 is 4.79 Å². The maximum Gasteiger partial charge on any atom is 0.268 e. The van der Waals surface area contributed by atoms with Crippen LogP contribution in [0.25, 0.3) is 27.8 Å². The van der Waals surface area contributed by atoms with Crippen molar-refractivity contribution in [2.45, 2.75) is 133 Å². The highest BCUT2D eigenvalue weighted by atomic mass is 35.5. The molecule has 4 fully saturated rings. The first-order chi connectivity index (χ1) is 29.0. The van der Waals surface area contributed by atoms with Gasteiger partial charge in [-0.25, -0.2) is 27.9 Å². The molecule has 3 heterocycles. The van der Waals surface area contributed by atoms with Crippen LogP contribution in [0.5, 0.6) is 0 Å². The summed E-state index contributed by atoms with van der Waals surface area (Å²) in [4.78, 5) is 73.8. The smallest absolute Gasteiger partial charge is 0.268 e. The summed E-state index contributed by atoms with van der Waals surface area (Å²) in [7, 11) is -3.52. The molecular weight excluding hydrogens is 824 g/mol. The van der Waals surface area contributed by atoms with Crippen molar-refractivity contribution in [1.82, 2.24) is 29.0 Å². The van der Waals surface area contributed by atoms with Crippen molar-refractivity contribution in [2.75, 3.05) is 10.0 Å². The van der Waals surface area contributed by atoms with Crippen LogP contribution in [0.2, 0.25) is 4.34 Å². The number of thiazole rings is 1. The molecule has 2 aromatic carbocycles. The fraction of sp³-hybridized carbons (Fsp3) is 0.512. The molecule has 0 bridgehead atoms. The zero-order chi connectivity index (χ0) is 41.5. The average molecular weight is 874 g/mol. The summed E-state index contributed by atoms with van der Waals surface area (Å²) in [6.45, 7) is 0. The fourth-order valence-corrected chi connectivity index (χ4v) is 11.8. The summed E-state index contributed by atoms with van der Waals surface area (Å²) in [6.07, 6.45) is 17.8. The van der Waals surface area contributed by atoms with E-state index in [0.29, 0.717) is 50.9 Å². The third kappa shape index (κ3) is 8.34. The second-order valence-electron chi connectivity index (χ2n) is 17.0. The number of sulfonamides is 1. The Labute approximate surface area is 356 Å². The molecule has 9 rings (SSSR count). The number of carbonyl (C=O) groups is 2. The molecule has 5 aromatic rings. The van der Waals surface area contributed by atoms with Gasteiger partial charge in [-0.2, -0.15) is 0 Å². The SMILES string of the molecule is O=C(Nc1ncc(Cl)s1)C(CC1CCCCC1)N(C(=O)c1ccc2c(=O)n(C3CCCCC3)c(-n3cnc4cc(NS(=O)(=O)C5CC5)ccc4c3=O)nc2c1)C1CCCC1. The molecular formula is C43H49ClN8O6S2. The van der Waals surface area contributed by atoms with Crippen molar-refractivity contribution < 1.29 is 18.0 Å². The molecule has 0 aliphatic heterocycles. The lowest BCUT2D eigenvalue weighted by Crippen LogP contribution is -2.52. The first kappa shape index (κ1) is 40.7. The Morgan fingerprint density at radius 1 is 0.833 bits per heavy atom. The highest BCUT2D eigenvalue weighted by Crippen LogP contribution is 2.35. The molecule has 0 spiro atoms. The third-order valence-electron chi connectivity index (χ3n) is 12.8. The van der Waals surface area contributed by atoms with Crippen LogP contribution in [0, 0.1) is 5.92 Å². The number of carbonyl (C=O) groups excluding carboxylic acids is 2. The van der Waals surface area contributed by atoms with Gasteiger partial charge >= 0.3 is 0 Å². The maximum absolute atomic E-state index is 15.0. The molecule has 17 heteroatoms. The Kier molecular flexibility index (Phi) is 11.5. The lowest BCUT2D eigenvalue weighted by Gasteiger charge is -2.38. The van der Waals surface area contributed by atoms with Gasteiger partial charge in [-0.05, 0) is 87.3 Å². The number of fused-ring (bicyclic) bond motifs is 2. The van der Waals surface area contributed by atoms with E-state index in [1.54, 1.807) is 33.7 Å². The Morgan fingerprint density at radius 3 is 2.22 bits per heavy atom. The van der Waals surface area contributed by atoms with Gasteiger partial charge < -0.3 is 10.2 Å². The normalized spacial score (nSPS) is 18.8. The summed E-state index contributed by atoms with van der Waals surface area (Å²) >= 11 is 7.35. The number of nitrogens with one attached hydrogen (secondary N) is 2. The molecule has 1 atom stereocenters. The van der Waals surface area contributed by atoms with Gasteiger partial charge in [-0.15, -0.1) is 0 Å². The van der Waals surface area contributed by atoms with Gasteiger partial charge in [0, 0.05) is 17.6 Å². The highest BCUT2D eigenvalue weighted by molar-refractivity contribution is 7.93. The van der Waals surface area contributed by atoms with E-state index in [1.165, 1.54) is 40.6 Å². The number of nitrogens with zero attached hydrogens (tertiary/aromatic N) is 6. The third-order valence-corrected chi connectivity index (χ3v) is 15.7. The number of anilines is 2. The van der Waals surface area contributed by atoms with E-state index in [1.807, 2.05) is 0 Å². The minimum atomic E-state index is -3.52. The minimum absolute atomic E-state index is 0.103. The molecule has 1 unspecified atom stereocenters. The topological polar surface area (TPSA) is 178 Å². The summed E-state index contributed by atoms with van der Waals surface area (Å²) in [5.74, 6) is -0.211. The van der Waals surface area contributed by atoms with E-state index in [-0.39, 0.29) is 52.2 Å². The van der Waals surface area contributed by atoms with Crippen LogP contribution < -0.4 is 21.2 Å². The van der Waals surface area contributed by atoms with Crippen molar-refractivity contribution in [1.29, 1.82) is 0 Å². The molecule has 14 nitrogen and oxygen atoms in total. The summed E-state index contributed by atoms with van der Waals surface area (Å²) < 4.78 is 31.2. The number of halogens is 1. The van der Waals surface area contributed by atoms with E-state index in [2.05, 4.69) is 20.0 Å².